The molecule has 0 saturated heterocycles. The molecule has 1 atom stereocenters. The van der Waals surface area contributed by atoms with Gasteiger partial charge in [-0.15, -0.1) is 0 Å². The molecule has 0 aliphatic carbocycles. The average Bonchev–Trinajstić information content (AvgIpc) is 2.13. The lowest BCUT2D eigenvalue weighted by atomic mass is 10.3. The zero-order valence-corrected chi connectivity index (χ0v) is 4.61. The van der Waals surface area contributed by atoms with Gasteiger partial charge in [-0.1, -0.05) is 0 Å². The SMILES string of the molecule is FC(F)(F)C1(F)C=CN[N-]1. The molecule has 1 N–H and O–H groups in total. The molecule has 0 spiro atoms. The smallest absolute Gasteiger partial charge is 0.408 e. The van der Waals surface area contributed by atoms with Crippen molar-refractivity contribution in [1.82, 2.24) is 5.43 Å². The first kappa shape index (κ1) is 7.33. The highest BCUT2D eigenvalue weighted by atomic mass is 19.4. The lowest BCUT2D eigenvalue weighted by Crippen LogP contribution is -2.37. The van der Waals surface area contributed by atoms with Gasteiger partial charge in [-0.25, -0.2) is 0 Å². The van der Waals surface area contributed by atoms with Crippen molar-refractivity contribution in [1.29, 1.82) is 0 Å². The van der Waals surface area contributed by atoms with Crippen molar-refractivity contribution in [2.24, 2.45) is 0 Å². The van der Waals surface area contributed by atoms with Crippen LogP contribution in [0.15, 0.2) is 12.3 Å². The molecule has 0 fully saturated rings. The van der Waals surface area contributed by atoms with E-state index < -0.39 is 12.0 Å². The highest BCUT2D eigenvalue weighted by Gasteiger charge is 2.47. The molecule has 58 valence electrons. The van der Waals surface area contributed by atoms with Gasteiger partial charge in [-0.2, -0.15) is 13.2 Å². The minimum absolute atomic E-state index is 0.312. The van der Waals surface area contributed by atoms with Crippen molar-refractivity contribution in [2.45, 2.75) is 12.0 Å². The lowest BCUT2D eigenvalue weighted by Gasteiger charge is -2.32. The molecule has 1 heterocycles. The van der Waals surface area contributed by atoms with Crippen molar-refractivity contribution in [3.8, 4) is 0 Å². The second-order valence-corrected chi connectivity index (χ2v) is 1.75. The molecule has 10 heavy (non-hydrogen) atoms. The van der Waals surface area contributed by atoms with E-state index in [4.69, 9.17) is 0 Å². The van der Waals surface area contributed by atoms with Crippen LogP contribution in [0.2, 0.25) is 0 Å². The Kier molecular flexibility index (Phi) is 1.36. The number of rotatable bonds is 0. The predicted octanol–water partition coefficient (Wildman–Crippen LogP) is 1.62. The quantitative estimate of drug-likeness (QED) is 0.417. The summed E-state index contributed by atoms with van der Waals surface area (Å²) < 4.78 is 47.1. The summed E-state index contributed by atoms with van der Waals surface area (Å²) in [4.78, 5) is 0. The highest BCUT2D eigenvalue weighted by Crippen LogP contribution is 2.40. The van der Waals surface area contributed by atoms with Crippen LogP contribution in [0.3, 0.4) is 0 Å². The van der Waals surface area contributed by atoms with Crippen LogP contribution in [0.1, 0.15) is 0 Å². The van der Waals surface area contributed by atoms with E-state index in [1.54, 1.807) is 5.43 Å². The molecule has 1 rings (SSSR count). The molecule has 0 saturated carbocycles. The van der Waals surface area contributed by atoms with Gasteiger partial charge in [0, 0.05) is 0 Å². The highest BCUT2D eigenvalue weighted by molar-refractivity contribution is 5.21. The summed E-state index contributed by atoms with van der Waals surface area (Å²) in [5.74, 6) is -3.53. The molecule has 0 aromatic rings. The van der Waals surface area contributed by atoms with Crippen LogP contribution in [0.25, 0.3) is 5.43 Å². The average molecular weight is 155 g/mol. The number of halogens is 4. The van der Waals surface area contributed by atoms with Gasteiger partial charge in [-0.05, 0) is 12.3 Å². The molecule has 1 aliphatic heterocycles. The molecule has 0 aromatic heterocycles. The number of nitrogens with one attached hydrogen (secondary N) is 1. The van der Waals surface area contributed by atoms with E-state index in [1.165, 1.54) is 0 Å². The third-order valence-electron chi connectivity index (χ3n) is 1.00. The van der Waals surface area contributed by atoms with E-state index in [0.29, 0.717) is 6.08 Å². The van der Waals surface area contributed by atoms with Crippen molar-refractivity contribution >= 4 is 0 Å². The van der Waals surface area contributed by atoms with Crippen LogP contribution in [0.5, 0.6) is 0 Å². The standard InChI is InChI=1S/C4H3F4N2/c5-3(4(6,7)8)1-2-9-10-3/h1-2,9H/q-1. The van der Waals surface area contributed by atoms with E-state index in [9.17, 15) is 17.6 Å². The largest absolute Gasteiger partial charge is 0.527 e. The number of alkyl halides is 4. The Hall–Kier alpha value is -0.780. The normalized spacial score (nSPS) is 32.4. The molecular weight excluding hydrogens is 152 g/mol. The van der Waals surface area contributed by atoms with E-state index in [2.05, 4.69) is 5.43 Å². The molecule has 0 aromatic carbocycles. The second-order valence-electron chi connectivity index (χ2n) is 1.75. The van der Waals surface area contributed by atoms with E-state index in [0.717, 1.165) is 6.20 Å². The summed E-state index contributed by atoms with van der Waals surface area (Å²) in [5, 5.41) is 0. The predicted molar refractivity (Wildman–Crippen MR) is 25.5 cm³/mol. The van der Waals surface area contributed by atoms with Crippen molar-refractivity contribution in [3.05, 3.63) is 17.7 Å². The first-order valence-electron chi connectivity index (χ1n) is 2.36. The maximum Gasteiger partial charge on any atom is 0.408 e. The fourth-order valence-electron chi connectivity index (χ4n) is 0.474. The van der Waals surface area contributed by atoms with E-state index >= 15 is 0 Å². The summed E-state index contributed by atoms with van der Waals surface area (Å²) in [5.41, 5.74) is 4.25. The number of nitrogens with zero attached hydrogens (tertiary/aromatic N) is 1. The molecular formula is C4H3F4N2-. The molecule has 1 unspecified atom stereocenters. The number of hydrogen-bond donors (Lipinski definition) is 1. The van der Waals surface area contributed by atoms with Crippen LogP contribution >= 0.6 is 0 Å². The molecule has 1 aliphatic rings. The van der Waals surface area contributed by atoms with Crippen LogP contribution in [-0.4, -0.2) is 12.0 Å². The Morgan fingerprint density at radius 2 is 2.00 bits per heavy atom. The maximum atomic E-state index is 12.4. The monoisotopic (exact) mass is 155 g/mol. The summed E-state index contributed by atoms with van der Waals surface area (Å²) >= 11 is 0. The van der Waals surface area contributed by atoms with E-state index in [-0.39, 0.29) is 0 Å². The zero-order chi connectivity index (χ0) is 7.83. The van der Waals surface area contributed by atoms with Gasteiger partial charge in [0.25, 0.3) is 0 Å². The van der Waals surface area contributed by atoms with Gasteiger partial charge in [0.2, 0.25) is 0 Å². The first-order chi connectivity index (χ1) is 4.46. The minimum atomic E-state index is -4.97. The maximum absolute atomic E-state index is 12.4. The zero-order valence-electron chi connectivity index (χ0n) is 4.61. The van der Waals surface area contributed by atoms with Gasteiger partial charge in [-0.3, -0.25) is 4.39 Å². The fraction of sp³-hybridized carbons (Fsp3) is 0.500. The van der Waals surface area contributed by atoms with Gasteiger partial charge >= 0.3 is 6.18 Å². The summed E-state index contributed by atoms with van der Waals surface area (Å²) in [6.45, 7) is 0. The van der Waals surface area contributed by atoms with E-state index in [1.807, 2.05) is 0 Å². The third kappa shape index (κ3) is 0.942. The van der Waals surface area contributed by atoms with Gasteiger partial charge in [0.1, 0.15) is 0 Å². The summed E-state index contributed by atoms with van der Waals surface area (Å²) in [7, 11) is 0. The molecule has 2 nitrogen and oxygen atoms in total. The minimum Gasteiger partial charge on any atom is -0.527 e. The van der Waals surface area contributed by atoms with Crippen LogP contribution in [0, 0.1) is 0 Å². The van der Waals surface area contributed by atoms with Gasteiger partial charge < -0.3 is 10.9 Å². The van der Waals surface area contributed by atoms with Crippen molar-refractivity contribution in [2.75, 3.05) is 0 Å². The number of hydrogen-bond acceptors (Lipinski definition) is 1. The Morgan fingerprint density at radius 3 is 2.20 bits per heavy atom. The molecule has 0 bridgehead atoms. The Balaban J connectivity index is 2.78. The lowest BCUT2D eigenvalue weighted by molar-refractivity contribution is -0.198. The van der Waals surface area contributed by atoms with Gasteiger partial charge in [0.15, 0.2) is 5.79 Å². The molecule has 0 amide bonds. The first-order valence-corrected chi connectivity index (χ1v) is 2.36. The Morgan fingerprint density at radius 1 is 1.40 bits per heavy atom. The summed E-state index contributed by atoms with van der Waals surface area (Å²) in [6, 6.07) is 0. The van der Waals surface area contributed by atoms with Gasteiger partial charge in [0.05, 0.1) is 0 Å². The van der Waals surface area contributed by atoms with Crippen LogP contribution < -0.4 is 5.43 Å². The Bertz CT molecular complexity index is 163. The third-order valence-corrected chi connectivity index (χ3v) is 1.00. The Labute approximate surface area is 53.9 Å². The fourth-order valence-corrected chi connectivity index (χ4v) is 0.474. The molecule has 6 heteroatoms. The molecule has 0 radical (unpaired) electrons. The summed E-state index contributed by atoms with van der Waals surface area (Å²) in [6.07, 6.45) is -3.85. The van der Waals surface area contributed by atoms with Crippen LogP contribution in [0.4, 0.5) is 17.6 Å². The second kappa shape index (κ2) is 1.85. The van der Waals surface area contributed by atoms with Crippen molar-refractivity contribution in [3.63, 3.8) is 0 Å². The van der Waals surface area contributed by atoms with Crippen molar-refractivity contribution < 1.29 is 17.6 Å². The topological polar surface area (TPSA) is 26.1 Å². The van der Waals surface area contributed by atoms with Crippen LogP contribution in [-0.2, 0) is 0 Å².